The second-order valence-electron chi connectivity index (χ2n) is 4.69. The van der Waals surface area contributed by atoms with Crippen molar-refractivity contribution in [3.63, 3.8) is 0 Å². The molecule has 2 unspecified atom stereocenters. The number of carbonyl (C=O) groups is 2. The molecule has 0 fully saturated rings. The minimum absolute atomic E-state index is 0.136. The predicted octanol–water partition coefficient (Wildman–Crippen LogP) is 0.775. The van der Waals surface area contributed by atoms with Crippen LogP contribution < -0.4 is 16.8 Å². The van der Waals surface area contributed by atoms with Crippen LogP contribution in [0, 0.1) is 5.92 Å². The molecule has 104 valence electrons. The minimum Gasteiger partial charge on any atom is -0.366 e. The number of nitrogens with two attached hydrogens (primary N) is 2. The van der Waals surface area contributed by atoms with Crippen molar-refractivity contribution in [2.75, 3.05) is 0 Å². The highest BCUT2D eigenvalue weighted by atomic mass is 16.2. The molecule has 19 heavy (non-hydrogen) atoms. The number of benzene rings is 1. The van der Waals surface area contributed by atoms with Crippen LogP contribution in [0.4, 0.5) is 0 Å². The van der Waals surface area contributed by atoms with E-state index in [-0.39, 0.29) is 11.8 Å². The SMILES string of the molecule is CCC(C)C(N)C(=O)NCc1cccc(C(N)=O)c1. The van der Waals surface area contributed by atoms with E-state index in [2.05, 4.69) is 5.32 Å². The van der Waals surface area contributed by atoms with Gasteiger partial charge in [-0.05, 0) is 23.6 Å². The molecule has 5 N–H and O–H groups in total. The molecular formula is C14H21N3O2. The topological polar surface area (TPSA) is 98.2 Å². The Morgan fingerprint density at radius 2 is 2.05 bits per heavy atom. The van der Waals surface area contributed by atoms with Crippen molar-refractivity contribution in [3.8, 4) is 0 Å². The Labute approximate surface area is 113 Å². The fourth-order valence-corrected chi connectivity index (χ4v) is 1.65. The zero-order valence-corrected chi connectivity index (χ0v) is 11.3. The van der Waals surface area contributed by atoms with Crippen LogP contribution in [0.25, 0.3) is 0 Å². The molecule has 0 radical (unpaired) electrons. The van der Waals surface area contributed by atoms with Crippen LogP contribution in [-0.4, -0.2) is 17.9 Å². The van der Waals surface area contributed by atoms with Crippen molar-refractivity contribution in [1.29, 1.82) is 0 Å². The van der Waals surface area contributed by atoms with Crippen LogP contribution in [0.15, 0.2) is 24.3 Å². The molecule has 5 nitrogen and oxygen atoms in total. The normalized spacial score (nSPS) is 13.6. The lowest BCUT2D eigenvalue weighted by molar-refractivity contribution is -0.123. The molecule has 0 saturated carbocycles. The number of primary amides is 1. The van der Waals surface area contributed by atoms with Gasteiger partial charge in [-0.15, -0.1) is 0 Å². The van der Waals surface area contributed by atoms with Gasteiger partial charge in [0.25, 0.3) is 0 Å². The average molecular weight is 263 g/mol. The zero-order valence-electron chi connectivity index (χ0n) is 11.3. The van der Waals surface area contributed by atoms with Gasteiger partial charge >= 0.3 is 0 Å². The monoisotopic (exact) mass is 263 g/mol. The maximum Gasteiger partial charge on any atom is 0.248 e. The molecule has 1 rings (SSSR count). The smallest absolute Gasteiger partial charge is 0.248 e. The average Bonchev–Trinajstić information content (AvgIpc) is 2.43. The molecule has 1 aromatic carbocycles. The molecule has 0 aliphatic carbocycles. The summed E-state index contributed by atoms with van der Waals surface area (Å²) in [5, 5.41) is 2.76. The van der Waals surface area contributed by atoms with Gasteiger partial charge in [-0.25, -0.2) is 0 Å². The Hall–Kier alpha value is -1.88. The Kier molecular flexibility index (Phi) is 5.51. The van der Waals surface area contributed by atoms with Crippen LogP contribution in [-0.2, 0) is 11.3 Å². The Morgan fingerprint density at radius 3 is 2.63 bits per heavy atom. The van der Waals surface area contributed by atoms with Gasteiger partial charge in [0.15, 0.2) is 0 Å². The molecule has 0 aromatic heterocycles. The van der Waals surface area contributed by atoms with Gasteiger partial charge in [0.1, 0.15) is 0 Å². The number of hydrogen-bond acceptors (Lipinski definition) is 3. The highest BCUT2D eigenvalue weighted by molar-refractivity contribution is 5.92. The fraction of sp³-hybridized carbons (Fsp3) is 0.429. The second kappa shape index (κ2) is 6.89. The molecular weight excluding hydrogens is 242 g/mol. The molecule has 0 bridgehead atoms. The third-order valence-electron chi connectivity index (χ3n) is 3.24. The summed E-state index contributed by atoms with van der Waals surface area (Å²) in [5.74, 6) is -0.528. The van der Waals surface area contributed by atoms with E-state index in [1.165, 1.54) is 0 Å². The van der Waals surface area contributed by atoms with Gasteiger partial charge < -0.3 is 16.8 Å². The molecule has 1 aromatic rings. The number of nitrogens with one attached hydrogen (secondary N) is 1. The molecule has 0 heterocycles. The van der Waals surface area contributed by atoms with Crippen LogP contribution in [0.5, 0.6) is 0 Å². The number of rotatable bonds is 6. The van der Waals surface area contributed by atoms with Gasteiger partial charge in [0.2, 0.25) is 11.8 Å². The van der Waals surface area contributed by atoms with E-state index in [9.17, 15) is 9.59 Å². The van der Waals surface area contributed by atoms with E-state index < -0.39 is 11.9 Å². The largest absolute Gasteiger partial charge is 0.366 e. The first-order valence-electron chi connectivity index (χ1n) is 6.37. The van der Waals surface area contributed by atoms with Crippen molar-refractivity contribution in [2.24, 2.45) is 17.4 Å². The third kappa shape index (κ3) is 4.37. The first kappa shape index (κ1) is 15.2. The molecule has 0 aliphatic rings. The van der Waals surface area contributed by atoms with Crippen molar-refractivity contribution < 1.29 is 9.59 Å². The Bertz CT molecular complexity index is 460. The van der Waals surface area contributed by atoms with Crippen LogP contribution in [0.3, 0.4) is 0 Å². The summed E-state index contributed by atoms with van der Waals surface area (Å²) in [5.41, 5.74) is 12.3. The first-order chi connectivity index (χ1) is 8.95. The van der Waals surface area contributed by atoms with Gasteiger partial charge in [-0.2, -0.15) is 0 Å². The molecule has 0 spiro atoms. The van der Waals surface area contributed by atoms with Gasteiger partial charge in [0.05, 0.1) is 6.04 Å². The van der Waals surface area contributed by atoms with Crippen LogP contribution >= 0.6 is 0 Å². The highest BCUT2D eigenvalue weighted by Crippen LogP contribution is 2.07. The van der Waals surface area contributed by atoms with Crippen LogP contribution in [0.1, 0.15) is 36.2 Å². The molecule has 2 amide bonds. The predicted molar refractivity (Wildman–Crippen MR) is 74.2 cm³/mol. The summed E-state index contributed by atoms with van der Waals surface area (Å²) in [6.45, 7) is 4.27. The standard InChI is InChI=1S/C14H21N3O2/c1-3-9(2)12(15)14(19)17-8-10-5-4-6-11(7-10)13(16)18/h4-7,9,12H,3,8,15H2,1-2H3,(H2,16,18)(H,17,19). The Balaban J connectivity index is 2.59. The quantitative estimate of drug-likeness (QED) is 0.707. The number of amides is 2. The molecule has 0 saturated heterocycles. The van der Waals surface area contributed by atoms with E-state index in [1.807, 2.05) is 19.9 Å². The summed E-state index contributed by atoms with van der Waals surface area (Å²) < 4.78 is 0. The van der Waals surface area contributed by atoms with Gasteiger partial charge in [-0.1, -0.05) is 32.4 Å². The van der Waals surface area contributed by atoms with E-state index in [0.29, 0.717) is 12.1 Å². The van der Waals surface area contributed by atoms with Gasteiger partial charge in [-0.3, -0.25) is 9.59 Å². The lowest BCUT2D eigenvalue weighted by Crippen LogP contribution is -2.44. The number of hydrogen-bond donors (Lipinski definition) is 3. The van der Waals surface area contributed by atoms with E-state index in [1.54, 1.807) is 18.2 Å². The summed E-state index contributed by atoms with van der Waals surface area (Å²) in [7, 11) is 0. The maximum absolute atomic E-state index is 11.8. The van der Waals surface area contributed by atoms with Crippen molar-refractivity contribution in [3.05, 3.63) is 35.4 Å². The summed E-state index contributed by atoms with van der Waals surface area (Å²) in [6.07, 6.45) is 0.853. The second-order valence-corrected chi connectivity index (χ2v) is 4.69. The van der Waals surface area contributed by atoms with Crippen molar-refractivity contribution in [2.45, 2.75) is 32.9 Å². The Morgan fingerprint density at radius 1 is 1.37 bits per heavy atom. The number of carbonyl (C=O) groups excluding carboxylic acids is 2. The summed E-state index contributed by atoms with van der Waals surface area (Å²) >= 11 is 0. The van der Waals surface area contributed by atoms with Gasteiger partial charge in [0, 0.05) is 12.1 Å². The fourth-order valence-electron chi connectivity index (χ4n) is 1.65. The van der Waals surface area contributed by atoms with Crippen molar-refractivity contribution in [1.82, 2.24) is 5.32 Å². The highest BCUT2D eigenvalue weighted by Gasteiger charge is 2.18. The molecule has 0 aliphatic heterocycles. The lowest BCUT2D eigenvalue weighted by atomic mass is 9.99. The van der Waals surface area contributed by atoms with E-state index in [0.717, 1.165) is 12.0 Å². The van der Waals surface area contributed by atoms with Crippen molar-refractivity contribution >= 4 is 11.8 Å². The summed E-state index contributed by atoms with van der Waals surface area (Å²) in [4.78, 5) is 22.9. The molecule has 2 atom stereocenters. The third-order valence-corrected chi connectivity index (χ3v) is 3.24. The van der Waals surface area contributed by atoms with Crippen LogP contribution in [0.2, 0.25) is 0 Å². The lowest BCUT2D eigenvalue weighted by Gasteiger charge is -2.17. The zero-order chi connectivity index (χ0) is 14.4. The van der Waals surface area contributed by atoms with E-state index in [4.69, 9.17) is 11.5 Å². The van der Waals surface area contributed by atoms with E-state index >= 15 is 0 Å². The summed E-state index contributed by atoms with van der Waals surface area (Å²) in [6, 6.07) is 6.34. The first-order valence-corrected chi connectivity index (χ1v) is 6.37. The maximum atomic E-state index is 11.8. The molecule has 5 heteroatoms. The minimum atomic E-state index is -0.510.